The second kappa shape index (κ2) is 8.74. The average molecular weight is 458 g/mol. The third-order valence-electron chi connectivity index (χ3n) is 5.86. The van der Waals surface area contributed by atoms with Crippen molar-refractivity contribution in [3.63, 3.8) is 0 Å². The number of ether oxygens (including phenoxy) is 1. The van der Waals surface area contributed by atoms with Crippen LogP contribution in [0.25, 0.3) is 16.9 Å². The topological polar surface area (TPSA) is 118 Å². The number of nitrogens with zero attached hydrogens (tertiary/aromatic N) is 5. The summed E-state index contributed by atoms with van der Waals surface area (Å²) < 4.78 is 8.85. The molecule has 0 saturated carbocycles. The quantitative estimate of drug-likeness (QED) is 0.271. The Bertz CT molecular complexity index is 1480. The first-order valence-electron chi connectivity index (χ1n) is 10.7. The van der Waals surface area contributed by atoms with Gasteiger partial charge in [0.05, 0.1) is 18.1 Å². The minimum Gasteiger partial charge on any atom is -0.457 e. The van der Waals surface area contributed by atoms with Gasteiger partial charge in [0.15, 0.2) is 11.1 Å². The van der Waals surface area contributed by atoms with Crippen LogP contribution in [-0.4, -0.2) is 48.2 Å². The van der Waals surface area contributed by atoms with Gasteiger partial charge in [-0.2, -0.15) is 0 Å². The lowest BCUT2D eigenvalue weighted by Crippen LogP contribution is -2.31. The third-order valence-corrected chi connectivity index (χ3v) is 5.86. The second-order valence-electron chi connectivity index (χ2n) is 7.85. The van der Waals surface area contributed by atoms with E-state index in [9.17, 15) is 14.8 Å². The number of benzene rings is 2. The number of carbonyl (C=O) groups is 1. The number of H-pyrrole nitrogens is 1. The Kier molecular flexibility index (Phi) is 5.46. The zero-order chi connectivity index (χ0) is 23.7. The first-order chi connectivity index (χ1) is 16.6. The van der Waals surface area contributed by atoms with Gasteiger partial charge in [0.1, 0.15) is 17.0 Å². The van der Waals surface area contributed by atoms with Gasteiger partial charge < -0.3 is 19.8 Å². The minimum atomic E-state index is -0.346. The van der Waals surface area contributed by atoms with Gasteiger partial charge in [-0.15, -0.1) is 0 Å². The summed E-state index contributed by atoms with van der Waals surface area (Å²) in [5.74, 6) is 1.13. The van der Waals surface area contributed by atoms with Crippen molar-refractivity contribution < 1.29 is 14.7 Å². The highest BCUT2D eigenvalue weighted by Gasteiger charge is 2.31. The maximum atomic E-state index is 13.7. The standard InChI is InChI=1S/C24H22N6O4/c1-2-20(31)28-13-12-17(14-28)30-23-21(22(27-33)25-15-26-23)29(24(30)32)16-8-10-19(11-9-16)34-18-6-4-3-5-7-18/h2-11,15,17,33H,1,12-14H2,(H,25,26,27). The maximum absolute atomic E-state index is 13.7. The van der Waals surface area contributed by atoms with Gasteiger partial charge in [-0.3, -0.25) is 13.9 Å². The Morgan fingerprint density at radius 3 is 2.62 bits per heavy atom. The lowest BCUT2D eigenvalue weighted by Gasteiger charge is -2.14. The van der Waals surface area contributed by atoms with Gasteiger partial charge in [-0.25, -0.2) is 9.78 Å². The number of aromatic nitrogens is 4. The molecule has 2 N–H and O–H groups in total. The number of para-hydroxylation sites is 1. The molecule has 34 heavy (non-hydrogen) atoms. The van der Waals surface area contributed by atoms with E-state index in [4.69, 9.17) is 4.74 Å². The van der Waals surface area contributed by atoms with Crippen molar-refractivity contribution in [3.05, 3.63) is 89.6 Å². The van der Waals surface area contributed by atoms with E-state index in [1.807, 2.05) is 30.3 Å². The highest BCUT2D eigenvalue weighted by molar-refractivity contribution is 5.87. The molecule has 4 aromatic rings. The molecule has 0 bridgehead atoms. The summed E-state index contributed by atoms with van der Waals surface area (Å²) in [7, 11) is 0. The predicted octanol–water partition coefficient (Wildman–Crippen LogP) is 2.56. The molecule has 5 rings (SSSR count). The van der Waals surface area contributed by atoms with Gasteiger partial charge >= 0.3 is 5.69 Å². The van der Waals surface area contributed by atoms with E-state index >= 15 is 0 Å². The van der Waals surface area contributed by atoms with E-state index < -0.39 is 0 Å². The molecule has 0 spiro atoms. The van der Waals surface area contributed by atoms with E-state index in [0.717, 1.165) is 0 Å². The van der Waals surface area contributed by atoms with E-state index in [1.54, 1.807) is 33.7 Å². The maximum Gasteiger partial charge on any atom is 0.335 e. The van der Waals surface area contributed by atoms with Crippen LogP contribution in [-0.2, 0) is 4.79 Å². The number of hydrogen-bond acceptors (Lipinski definition) is 6. The zero-order valence-electron chi connectivity index (χ0n) is 18.2. The predicted molar refractivity (Wildman–Crippen MR) is 124 cm³/mol. The number of likely N-dealkylation sites (tertiary alicyclic amines) is 1. The summed E-state index contributed by atoms with van der Waals surface area (Å²) >= 11 is 0. The lowest BCUT2D eigenvalue weighted by atomic mass is 10.2. The zero-order valence-corrected chi connectivity index (χ0v) is 18.2. The fraction of sp³-hybridized carbons (Fsp3) is 0.167. The van der Waals surface area contributed by atoms with E-state index in [-0.39, 0.29) is 23.1 Å². The molecule has 10 nitrogen and oxygen atoms in total. The molecule has 1 atom stereocenters. The SMILES string of the molecule is C=CC(=O)N1CCC(n2c(=O)n(-c3ccc(Oc4ccccc4)cc3)c3/c(=N/O)[nH]cnc32)C1. The molecule has 172 valence electrons. The fourth-order valence-corrected chi connectivity index (χ4v) is 4.28. The normalized spacial score (nSPS) is 16.2. The fourth-order valence-electron chi connectivity index (χ4n) is 4.28. The number of hydrogen-bond donors (Lipinski definition) is 2. The molecule has 1 aliphatic rings. The largest absolute Gasteiger partial charge is 0.457 e. The highest BCUT2D eigenvalue weighted by Crippen LogP contribution is 2.26. The van der Waals surface area contributed by atoms with Crippen LogP contribution in [0, 0.1) is 0 Å². The molecule has 2 aromatic heterocycles. The highest BCUT2D eigenvalue weighted by atomic mass is 16.5. The first kappa shape index (κ1) is 21.3. The third kappa shape index (κ3) is 3.64. The van der Waals surface area contributed by atoms with Crippen molar-refractivity contribution in [2.75, 3.05) is 13.1 Å². The number of carbonyl (C=O) groups excluding carboxylic acids is 1. The second-order valence-corrected chi connectivity index (χ2v) is 7.85. The number of rotatable bonds is 5. The average Bonchev–Trinajstić information content (AvgIpc) is 3.46. The Balaban J connectivity index is 1.59. The summed E-state index contributed by atoms with van der Waals surface area (Å²) in [5.41, 5.74) is 1.00. The van der Waals surface area contributed by atoms with Crippen molar-refractivity contribution in [1.29, 1.82) is 0 Å². The van der Waals surface area contributed by atoms with Crippen molar-refractivity contribution in [1.82, 2.24) is 24.0 Å². The molecule has 10 heteroatoms. The molecule has 0 radical (unpaired) electrons. The lowest BCUT2D eigenvalue weighted by molar-refractivity contribution is -0.125. The number of amides is 1. The van der Waals surface area contributed by atoms with Crippen molar-refractivity contribution in [3.8, 4) is 17.2 Å². The van der Waals surface area contributed by atoms with Crippen LogP contribution < -0.4 is 15.9 Å². The number of nitrogens with one attached hydrogen (secondary N) is 1. The van der Waals surface area contributed by atoms with Crippen molar-refractivity contribution in [2.24, 2.45) is 5.16 Å². The van der Waals surface area contributed by atoms with E-state index in [2.05, 4.69) is 21.7 Å². The molecular formula is C24H22N6O4. The molecule has 1 unspecified atom stereocenters. The van der Waals surface area contributed by atoms with Gasteiger partial charge in [0, 0.05) is 13.1 Å². The molecular weight excluding hydrogens is 436 g/mol. The van der Waals surface area contributed by atoms with Crippen LogP contribution in [0.5, 0.6) is 11.5 Å². The van der Waals surface area contributed by atoms with Crippen LogP contribution in [0.3, 0.4) is 0 Å². The summed E-state index contributed by atoms with van der Waals surface area (Å²) in [4.78, 5) is 34.5. The number of aromatic amines is 1. The van der Waals surface area contributed by atoms with Crippen LogP contribution in [0.15, 0.2) is 83.5 Å². The number of imidazole rings is 1. The van der Waals surface area contributed by atoms with Crippen LogP contribution in [0.1, 0.15) is 12.5 Å². The van der Waals surface area contributed by atoms with Gasteiger partial charge in [0.25, 0.3) is 0 Å². The molecule has 3 heterocycles. The van der Waals surface area contributed by atoms with Crippen molar-refractivity contribution in [2.45, 2.75) is 12.5 Å². The monoisotopic (exact) mass is 458 g/mol. The molecule has 1 saturated heterocycles. The summed E-state index contributed by atoms with van der Waals surface area (Å²) in [6.07, 6.45) is 3.23. The molecule has 0 aliphatic carbocycles. The smallest absolute Gasteiger partial charge is 0.335 e. The Morgan fingerprint density at radius 2 is 1.91 bits per heavy atom. The Hall–Kier alpha value is -4.60. The molecule has 2 aromatic carbocycles. The van der Waals surface area contributed by atoms with Gasteiger partial charge in [-0.1, -0.05) is 29.9 Å². The molecule has 1 aliphatic heterocycles. The van der Waals surface area contributed by atoms with Crippen LogP contribution in [0.2, 0.25) is 0 Å². The minimum absolute atomic E-state index is 0.0995. The van der Waals surface area contributed by atoms with E-state index in [0.29, 0.717) is 47.9 Å². The number of fused-ring (bicyclic) bond motifs is 1. The van der Waals surface area contributed by atoms with Crippen LogP contribution >= 0.6 is 0 Å². The van der Waals surface area contributed by atoms with E-state index in [1.165, 1.54) is 17.0 Å². The van der Waals surface area contributed by atoms with Gasteiger partial charge in [-0.05, 0) is 48.9 Å². The van der Waals surface area contributed by atoms with Crippen molar-refractivity contribution >= 4 is 17.1 Å². The summed E-state index contributed by atoms with van der Waals surface area (Å²) in [6, 6.07) is 16.1. The molecule has 1 amide bonds. The molecule has 1 fully saturated rings. The Labute approximate surface area is 193 Å². The van der Waals surface area contributed by atoms with Crippen LogP contribution in [0.4, 0.5) is 0 Å². The first-order valence-corrected chi connectivity index (χ1v) is 10.7. The van der Waals surface area contributed by atoms with Gasteiger partial charge in [0.2, 0.25) is 5.91 Å². The Morgan fingerprint density at radius 1 is 1.18 bits per heavy atom. The summed E-state index contributed by atoms with van der Waals surface area (Å²) in [6.45, 7) is 4.41. The summed E-state index contributed by atoms with van der Waals surface area (Å²) in [5, 5.41) is 12.9.